The minimum absolute atomic E-state index is 0.226. The van der Waals surface area contributed by atoms with Gasteiger partial charge in [0.2, 0.25) is 0 Å². The Hall–Kier alpha value is -2.24. The second-order valence-electron chi connectivity index (χ2n) is 4.99. The van der Waals surface area contributed by atoms with Gasteiger partial charge in [-0.1, -0.05) is 11.8 Å². The van der Waals surface area contributed by atoms with Crippen LogP contribution in [0.2, 0.25) is 0 Å². The summed E-state index contributed by atoms with van der Waals surface area (Å²) in [6.45, 7) is 0.769. The van der Waals surface area contributed by atoms with Gasteiger partial charge in [-0.15, -0.1) is 11.8 Å². The van der Waals surface area contributed by atoms with E-state index in [2.05, 4.69) is 15.0 Å². The van der Waals surface area contributed by atoms with E-state index < -0.39 is 0 Å². The molecule has 0 saturated heterocycles. The van der Waals surface area contributed by atoms with Crippen molar-refractivity contribution in [2.75, 3.05) is 25.1 Å². The highest BCUT2D eigenvalue weighted by Crippen LogP contribution is 2.30. The molecule has 24 heavy (non-hydrogen) atoms. The van der Waals surface area contributed by atoms with Crippen LogP contribution in [0.15, 0.2) is 40.6 Å². The summed E-state index contributed by atoms with van der Waals surface area (Å²) < 4.78 is 5.17. The minimum atomic E-state index is 0.226. The molecule has 0 fully saturated rings. The number of benzene rings is 1. The summed E-state index contributed by atoms with van der Waals surface area (Å²) in [4.78, 5) is 12.9. The first-order valence-electron chi connectivity index (χ1n) is 7.20. The standard InChI is InChI=1S/C16H15N5OS2/c1-22-12-4-2-10(3-5-12)15-19-8-13(24-15)9-23-16-20-7-11(6-17)14(18)21-16/h2-5,7,13H,8-9H2,1H3,(H2,18,20,21)/t13-/m0/s1. The third-order valence-corrected chi connectivity index (χ3v) is 5.84. The van der Waals surface area contributed by atoms with Crippen molar-refractivity contribution >= 4 is 34.4 Å². The Morgan fingerprint density at radius 1 is 1.42 bits per heavy atom. The van der Waals surface area contributed by atoms with Crippen molar-refractivity contribution in [1.82, 2.24) is 9.97 Å². The molecule has 0 spiro atoms. The molecule has 2 N–H and O–H groups in total. The lowest BCUT2D eigenvalue weighted by Gasteiger charge is -2.08. The van der Waals surface area contributed by atoms with E-state index in [9.17, 15) is 0 Å². The number of rotatable bonds is 5. The zero-order chi connectivity index (χ0) is 16.9. The van der Waals surface area contributed by atoms with Gasteiger partial charge in [-0.05, 0) is 24.3 Å². The molecule has 1 aromatic heterocycles. The number of anilines is 1. The molecule has 2 aromatic rings. The predicted octanol–water partition coefficient (Wildman–Crippen LogP) is 2.59. The van der Waals surface area contributed by atoms with Gasteiger partial charge in [-0.2, -0.15) is 5.26 Å². The first-order valence-corrected chi connectivity index (χ1v) is 9.07. The lowest BCUT2D eigenvalue weighted by Crippen LogP contribution is -2.08. The molecule has 8 heteroatoms. The summed E-state index contributed by atoms with van der Waals surface area (Å²) in [5.74, 6) is 1.90. The molecule has 0 amide bonds. The third kappa shape index (κ3) is 3.80. The molecule has 1 aliphatic rings. The van der Waals surface area contributed by atoms with Crippen molar-refractivity contribution in [2.45, 2.75) is 10.4 Å². The maximum absolute atomic E-state index is 8.84. The molecule has 0 aliphatic carbocycles. The van der Waals surface area contributed by atoms with Crippen LogP contribution < -0.4 is 10.5 Å². The van der Waals surface area contributed by atoms with Crippen molar-refractivity contribution in [3.63, 3.8) is 0 Å². The van der Waals surface area contributed by atoms with E-state index >= 15 is 0 Å². The minimum Gasteiger partial charge on any atom is -0.497 e. The number of hydrogen-bond acceptors (Lipinski definition) is 8. The van der Waals surface area contributed by atoms with Crippen LogP contribution in [0.25, 0.3) is 0 Å². The molecular weight excluding hydrogens is 342 g/mol. The Labute approximate surface area is 148 Å². The number of hydrogen-bond donors (Lipinski definition) is 1. The molecule has 0 unspecified atom stereocenters. The molecule has 1 aliphatic heterocycles. The Balaban J connectivity index is 1.55. The molecule has 0 saturated carbocycles. The summed E-state index contributed by atoms with van der Waals surface area (Å²) >= 11 is 3.29. The number of nitrogen functional groups attached to an aromatic ring is 1. The zero-order valence-corrected chi connectivity index (χ0v) is 14.6. The molecule has 0 radical (unpaired) electrons. The monoisotopic (exact) mass is 357 g/mol. The van der Waals surface area contributed by atoms with E-state index in [-0.39, 0.29) is 5.82 Å². The van der Waals surface area contributed by atoms with Gasteiger partial charge in [-0.25, -0.2) is 9.97 Å². The number of nitriles is 1. The van der Waals surface area contributed by atoms with Gasteiger partial charge in [0, 0.05) is 16.6 Å². The summed E-state index contributed by atoms with van der Waals surface area (Å²) in [7, 11) is 1.65. The van der Waals surface area contributed by atoms with Crippen LogP contribution in [-0.4, -0.2) is 39.7 Å². The van der Waals surface area contributed by atoms with E-state index in [1.165, 1.54) is 18.0 Å². The Bertz CT molecular complexity index is 801. The fourth-order valence-electron chi connectivity index (χ4n) is 2.10. The first-order chi connectivity index (χ1) is 11.7. The van der Waals surface area contributed by atoms with E-state index in [4.69, 9.17) is 15.7 Å². The Kier molecular flexibility index (Phi) is 5.23. The Morgan fingerprint density at radius 3 is 2.88 bits per heavy atom. The van der Waals surface area contributed by atoms with Crippen molar-refractivity contribution in [3.05, 3.63) is 41.6 Å². The highest BCUT2D eigenvalue weighted by Gasteiger charge is 2.21. The second-order valence-corrected chi connectivity index (χ2v) is 7.26. The predicted molar refractivity (Wildman–Crippen MR) is 97.7 cm³/mol. The van der Waals surface area contributed by atoms with Crippen LogP contribution >= 0.6 is 23.5 Å². The van der Waals surface area contributed by atoms with Crippen LogP contribution in [0, 0.1) is 11.3 Å². The van der Waals surface area contributed by atoms with Gasteiger partial charge in [-0.3, -0.25) is 4.99 Å². The summed E-state index contributed by atoms with van der Waals surface area (Å²) in [5, 5.41) is 10.8. The van der Waals surface area contributed by atoms with Crippen LogP contribution in [-0.2, 0) is 0 Å². The number of ether oxygens (including phenoxy) is 1. The quantitative estimate of drug-likeness (QED) is 0.649. The van der Waals surface area contributed by atoms with E-state index in [0.717, 1.165) is 28.7 Å². The number of aliphatic imine (C=N–C) groups is 1. The van der Waals surface area contributed by atoms with Crippen molar-refractivity contribution in [1.29, 1.82) is 5.26 Å². The molecular formula is C16H15N5OS2. The topological polar surface area (TPSA) is 97.2 Å². The fourth-order valence-corrected chi connectivity index (χ4v) is 4.19. The van der Waals surface area contributed by atoms with Gasteiger partial charge >= 0.3 is 0 Å². The highest BCUT2D eigenvalue weighted by atomic mass is 32.2. The molecule has 1 aromatic carbocycles. The molecule has 3 rings (SSSR count). The largest absolute Gasteiger partial charge is 0.497 e. The summed E-state index contributed by atoms with van der Waals surface area (Å²) in [6, 6.07) is 9.87. The van der Waals surface area contributed by atoms with Crippen LogP contribution in [0.1, 0.15) is 11.1 Å². The first kappa shape index (κ1) is 16.6. The van der Waals surface area contributed by atoms with E-state index in [0.29, 0.717) is 16.0 Å². The summed E-state index contributed by atoms with van der Waals surface area (Å²) in [6.07, 6.45) is 1.46. The highest BCUT2D eigenvalue weighted by molar-refractivity contribution is 8.16. The Morgan fingerprint density at radius 2 is 2.21 bits per heavy atom. The lowest BCUT2D eigenvalue weighted by atomic mass is 10.2. The normalized spacial score (nSPS) is 16.5. The fraction of sp³-hybridized carbons (Fsp3) is 0.250. The third-order valence-electron chi connectivity index (χ3n) is 3.37. The van der Waals surface area contributed by atoms with Crippen LogP contribution in [0.4, 0.5) is 5.82 Å². The van der Waals surface area contributed by atoms with E-state index in [1.807, 2.05) is 30.3 Å². The number of nitrogens with two attached hydrogens (primary N) is 1. The van der Waals surface area contributed by atoms with Gasteiger partial charge in [0.1, 0.15) is 23.2 Å². The molecule has 1 atom stereocenters. The number of nitrogens with zero attached hydrogens (tertiary/aromatic N) is 4. The van der Waals surface area contributed by atoms with Crippen LogP contribution in [0.3, 0.4) is 0 Å². The second kappa shape index (κ2) is 7.55. The van der Waals surface area contributed by atoms with Crippen LogP contribution in [0.5, 0.6) is 5.75 Å². The van der Waals surface area contributed by atoms with Gasteiger partial charge in [0.15, 0.2) is 5.16 Å². The number of thioether (sulfide) groups is 2. The van der Waals surface area contributed by atoms with Crippen molar-refractivity contribution in [2.24, 2.45) is 4.99 Å². The molecule has 0 bridgehead atoms. The van der Waals surface area contributed by atoms with Crippen molar-refractivity contribution < 1.29 is 4.74 Å². The SMILES string of the molecule is COc1ccc(C2=NC[C@@H](CSc3ncc(C#N)c(N)n3)S2)cc1. The molecule has 2 heterocycles. The average Bonchev–Trinajstić information content (AvgIpc) is 3.09. The molecule has 6 nitrogen and oxygen atoms in total. The van der Waals surface area contributed by atoms with Gasteiger partial charge in [0.25, 0.3) is 0 Å². The van der Waals surface area contributed by atoms with Crippen molar-refractivity contribution in [3.8, 4) is 11.8 Å². The lowest BCUT2D eigenvalue weighted by molar-refractivity contribution is 0.415. The number of methoxy groups -OCH3 is 1. The average molecular weight is 357 g/mol. The number of aromatic nitrogens is 2. The van der Waals surface area contributed by atoms with Gasteiger partial charge < -0.3 is 10.5 Å². The molecule has 122 valence electrons. The maximum atomic E-state index is 8.84. The smallest absolute Gasteiger partial charge is 0.189 e. The van der Waals surface area contributed by atoms with Gasteiger partial charge in [0.05, 0.1) is 24.9 Å². The summed E-state index contributed by atoms with van der Waals surface area (Å²) in [5.41, 5.74) is 7.12. The zero-order valence-electron chi connectivity index (χ0n) is 13.0. The maximum Gasteiger partial charge on any atom is 0.189 e. The van der Waals surface area contributed by atoms with E-state index in [1.54, 1.807) is 18.9 Å².